The van der Waals surface area contributed by atoms with Gasteiger partial charge in [0.2, 0.25) is 12.7 Å². The zero-order valence-corrected chi connectivity index (χ0v) is 16.4. The van der Waals surface area contributed by atoms with Crippen molar-refractivity contribution < 1.29 is 19.0 Å². The zero-order valence-electron chi connectivity index (χ0n) is 15.6. The number of rotatable bonds is 5. The molecule has 0 unspecified atom stereocenters. The van der Waals surface area contributed by atoms with Crippen LogP contribution in [0.5, 0.6) is 17.2 Å². The molecule has 0 radical (unpaired) electrons. The second-order valence-corrected chi connectivity index (χ2v) is 7.18. The average Bonchev–Trinajstić information content (AvgIpc) is 3.15. The fourth-order valence-electron chi connectivity index (χ4n) is 3.54. The Morgan fingerprint density at radius 1 is 1.07 bits per heavy atom. The molecule has 3 N–H and O–H groups in total. The highest BCUT2D eigenvalue weighted by Gasteiger charge is 2.35. The van der Waals surface area contributed by atoms with Crippen molar-refractivity contribution in [2.75, 3.05) is 12.1 Å². The van der Waals surface area contributed by atoms with E-state index < -0.39 is 5.54 Å². The van der Waals surface area contributed by atoms with Gasteiger partial charge in [0.1, 0.15) is 12.4 Å². The predicted octanol–water partition coefficient (Wildman–Crippen LogP) is 4.02. The lowest BCUT2D eigenvalue weighted by Gasteiger charge is -2.31. The monoisotopic (exact) mass is 404 g/mol. The van der Waals surface area contributed by atoms with Crippen LogP contribution in [-0.2, 0) is 11.4 Å². The summed E-state index contributed by atoms with van der Waals surface area (Å²) in [7, 11) is 0. The lowest BCUT2D eigenvalue weighted by Crippen LogP contribution is -2.52. The molecule has 1 fully saturated rings. The first-order valence-electron chi connectivity index (χ1n) is 9.34. The third-order valence-electron chi connectivity index (χ3n) is 5.13. The van der Waals surface area contributed by atoms with E-state index in [1.54, 1.807) is 0 Å². The molecule has 1 amide bonds. The minimum Gasteiger partial charge on any atom is -0.489 e. The number of hydrogen-bond acceptors (Lipinski definition) is 5. The van der Waals surface area contributed by atoms with Gasteiger partial charge in [0.25, 0.3) is 0 Å². The van der Waals surface area contributed by atoms with Gasteiger partial charge in [0.15, 0.2) is 11.5 Å². The van der Waals surface area contributed by atoms with Gasteiger partial charge in [0, 0.05) is 11.8 Å². The molecule has 1 heterocycles. The highest BCUT2D eigenvalue weighted by atomic mass is 35.5. The summed E-state index contributed by atoms with van der Waals surface area (Å²) in [5.74, 6) is 2.02. The van der Waals surface area contributed by atoms with E-state index in [4.69, 9.17) is 19.9 Å². The van der Waals surface area contributed by atoms with Crippen LogP contribution in [0.4, 0.5) is 5.69 Å². The number of halogens is 1. The maximum atomic E-state index is 12.6. The van der Waals surface area contributed by atoms with Gasteiger partial charge in [0.05, 0.1) is 5.54 Å². The molecule has 0 bridgehead atoms. The van der Waals surface area contributed by atoms with E-state index in [2.05, 4.69) is 5.32 Å². The maximum Gasteiger partial charge on any atom is 0.244 e. The van der Waals surface area contributed by atoms with Crippen LogP contribution in [0.25, 0.3) is 0 Å². The second-order valence-electron chi connectivity index (χ2n) is 7.18. The second kappa shape index (κ2) is 8.71. The molecule has 2 aromatic carbocycles. The highest BCUT2D eigenvalue weighted by molar-refractivity contribution is 5.98. The van der Waals surface area contributed by atoms with Gasteiger partial charge < -0.3 is 25.3 Å². The molecular weight excluding hydrogens is 380 g/mol. The number of carbonyl (C=O) groups is 1. The molecular formula is C21H25ClN2O4. The molecule has 2 aromatic rings. The number of hydrogen-bond donors (Lipinski definition) is 2. The fourth-order valence-corrected chi connectivity index (χ4v) is 3.54. The highest BCUT2D eigenvalue weighted by Crippen LogP contribution is 2.35. The van der Waals surface area contributed by atoms with Crippen molar-refractivity contribution in [1.82, 2.24) is 0 Å². The predicted molar refractivity (Wildman–Crippen MR) is 109 cm³/mol. The first-order valence-corrected chi connectivity index (χ1v) is 9.34. The Bertz CT molecular complexity index is 837. The Kier molecular flexibility index (Phi) is 6.31. The Hall–Kier alpha value is -2.44. The molecule has 0 saturated heterocycles. The number of anilines is 1. The van der Waals surface area contributed by atoms with Crippen LogP contribution in [0.2, 0.25) is 0 Å². The Morgan fingerprint density at radius 3 is 2.68 bits per heavy atom. The minimum atomic E-state index is -0.753. The van der Waals surface area contributed by atoms with Gasteiger partial charge in [-0.05, 0) is 42.7 Å². The van der Waals surface area contributed by atoms with E-state index in [1.807, 2.05) is 42.5 Å². The van der Waals surface area contributed by atoms with Crippen molar-refractivity contribution in [2.24, 2.45) is 5.73 Å². The molecule has 6 nitrogen and oxygen atoms in total. The minimum absolute atomic E-state index is 0. The summed E-state index contributed by atoms with van der Waals surface area (Å²) in [5.41, 5.74) is 7.25. The van der Waals surface area contributed by atoms with Gasteiger partial charge >= 0.3 is 0 Å². The molecule has 1 aliphatic heterocycles. The first kappa shape index (κ1) is 20.3. The molecule has 0 aromatic heterocycles. The lowest BCUT2D eigenvalue weighted by molar-refractivity contribution is -0.122. The van der Waals surface area contributed by atoms with Crippen molar-refractivity contribution >= 4 is 24.0 Å². The summed E-state index contributed by atoms with van der Waals surface area (Å²) in [5, 5.41) is 2.97. The lowest BCUT2D eigenvalue weighted by atomic mass is 9.82. The molecule has 2 aliphatic rings. The molecule has 4 rings (SSSR count). The molecule has 28 heavy (non-hydrogen) atoms. The van der Waals surface area contributed by atoms with E-state index in [9.17, 15) is 4.79 Å². The van der Waals surface area contributed by atoms with Crippen LogP contribution in [0.1, 0.15) is 37.7 Å². The van der Waals surface area contributed by atoms with Crippen molar-refractivity contribution in [3.05, 3.63) is 48.0 Å². The van der Waals surface area contributed by atoms with Gasteiger partial charge in [-0.2, -0.15) is 0 Å². The van der Waals surface area contributed by atoms with Crippen molar-refractivity contribution in [3.8, 4) is 17.2 Å². The Labute approximate surface area is 170 Å². The molecule has 0 atom stereocenters. The normalized spacial score (nSPS) is 16.8. The first-order chi connectivity index (χ1) is 13.1. The Morgan fingerprint density at radius 2 is 1.86 bits per heavy atom. The summed E-state index contributed by atoms with van der Waals surface area (Å²) in [4.78, 5) is 12.6. The molecule has 0 spiro atoms. The third-order valence-corrected chi connectivity index (χ3v) is 5.13. The largest absolute Gasteiger partial charge is 0.489 e. The summed E-state index contributed by atoms with van der Waals surface area (Å²) in [6, 6.07) is 13.1. The third kappa shape index (κ3) is 4.51. The van der Waals surface area contributed by atoms with Crippen LogP contribution in [0.3, 0.4) is 0 Å². The van der Waals surface area contributed by atoms with Crippen molar-refractivity contribution in [1.29, 1.82) is 0 Å². The van der Waals surface area contributed by atoms with Gasteiger partial charge in [-0.15, -0.1) is 12.4 Å². The van der Waals surface area contributed by atoms with E-state index in [-0.39, 0.29) is 25.1 Å². The molecule has 150 valence electrons. The number of ether oxygens (including phenoxy) is 3. The quantitative estimate of drug-likeness (QED) is 0.786. The smallest absolute Gasteiger partial charge is 0.244 e. The number of nitrogens with one attached hydrogen (secondary N) is 1. The average molecular weight is 405 g/mol. The van der Waals surface area contributed by atoms with E-state index >= 15 is 0 Å². The molecule has 7 heteroatoms. The number of amides is 1. The summed E-state index contributed by atoms with van der Waals surface area (Å²) >= 11 is 0. The van der Waals surface area contributed by atoms with Crippen molar-refractivity contribution in [3.63, 3.8) is 0 Å². The number of fused-ring (bicyclic) bond motifs is 1. The van der Waals surface area contributed by atoms with Crippen LogP contribution in [0.15, 0.2) is 42.5 Å². The maximum absolute atomic E-state index is 12.6. The number of nitrogens with two attached hydrogens (primary N) is 1. The SMILES string of the molecule is Cl.NC1(C(=O)Nc2cccc(COc3ccc4c(c3)OCO4)c2)CCCCC1. The van der Waals surface area contributed by atoms with Gasteiger partial charge in [-0.25, -0.2) is 0 Å². The van der Waals surface area contributed by atoms with E-state index in [0.29, 0.717) is 18.1 Å². The molecule has 1 aliphatic carbocycles. The summed E-state index contributed by atoms with van der Waals surface area (Å²) in [6.45, 7) is 0.625. The zero-order chi connectivity index (χ0) is 18.7. The standard InChI is InChI=1S/C21H24N2O4.ClH/c22-21(9-2-1-3-10-21)20(24)23-16-6-4-5-15(11-16)13-25-17-7-8-18-19(12-17)27-14-26-18;/h4-8,11-12H,1-3,9-10,13-14,22H2,(H,23,24);1H. The fraction of sp³-hybridized carbons (Fsp3) is 0.381. The van der Waals surface area contributed by atoms with Gasteiger partial charge in [-0.1, -0.05) is 31.4 Å². The Balaban J connectivity index is 0.00000225. The van der Waals surface area contributed by atoms with Crippen LogP contribution >= 0.6 is 12.4 Å². The molecule has 1 saturated carbocycles. The van der Waals surface area contributed by atoms with Crippen LogP contribution in [-0.4, -0.2) is 18.2 Å². The summed E-state index contributed by atoms with van der Waals surface area (Å²) < 4.78 is 16.5. The van der Waals surface area contributed by atoms with Crippen LogP contribution < -0.4 is 25.3 Å². The van der Waals surface area contributed by atoms with E-state index in [0.717, 1.165) is 49.1 Å². The number of carbonyl (C=O) groups excluding carboxylic acids is 1. The van der Waals surface area contributed by atoms with Gasteiger partial charge in [-0.3, -0.25) is 4.79 Å². The topological polar surface area (TPSA) is 82.8 Å². The van der Waals surface area contributed by atoms with Crippen LogP contribution in [0, 0.1) is 0 Å². The number of benzene rings is 2. The van der Waals surface area contributed by atoms with Crippen molar-refractivity contribution in [2.45, 2.75) is 44.2 Å². The van der Waals surface area contributed by atoms with E-state index in [1.165, 1.54) is 0 Å². The summed E-state index contributed by atoms with van der Waals surface area (Å²) in [6.07, 6.45) is 4.65.